The van der Waals surface area contributed by atoms with E-state index < -0.39 is 0 Å². The maximum atomic E-state index is 5.39. The lowest BCUT2D eigenvalue weighted by Crippen LogP contribution is -2.47. The lowest BCUT2D eigenvalue weighted by Gasteiger charge is -2.23. The summed E-state index contributed by atoms with van der Waals surface area (Å²) in [5.41, 5.74) is 0. The monoisotopic (exact) mass is 304 g/mol. The Morgan fingerprint density at radius 2 is 2.56 bits per heavy atom. The third-order valence-corrected chi connectivity index (χ3v) is 4.32. The maximum Gasteiger partial charge on any atom is 0.0632 e. The van der Waals surface area contributed by atoms with Crippen LogP contribution in [-0.2, 0) is 11.2 Å². The minimum atomic E-state index is 0.476. The number of hydrogen-bond donors (Lipinski definition) is 2. The summed E-state index contributed by atoms with van der Waals surface area (Å²) in [4.78, 5) is 1.42. The van der Waals surface area contributed by atoms with Crippen molar-refractivity contribution in [2.45, 2.75) is 12.5 Å². The molecular formula is C11H17BrN2OS. The molecule has 5 heteroatoms. The van der Waals surface area contributed by atoms with Crippen LogP contribution in [0.3, 0.4) is 0 Å². The van der Waals surface area contributed by atoms with Gasteiger partial charge in [0, 0.05) is 40.4 Å². The van der Waals surface area contributed by atoms with Crippen molar-refractivity contribution in [3.8, 4) is 0 Å². The summed E-state index contributed by atoms with van der Waals surface area (Å²) in [6.07, 6.45) is 1.10. The number of hydrogen-bond acceptors (Lipinski definition) is 4. The molecule has 1 aromatic rings. The number of nitrogens with one attached hydrogen (secondary N) is 2. The van der Waals surface area contributed by atoms with E-state index in [0.717, 1.165) is 39.3 Å². The van der Waals surface area contributed by atoms with Crippen LogP contribution in [0.2, 0.25) is 0 Å². The fourth-order valence-corrected chi connectivity index (χ4v) is 3.18. The topological polar surface area (TPSA) is 33.3 Å². The van der Waals surface area contributed by atoms with Crippen molar-refractivity contribution in [1.82, 2.24) is 10.6 Å². The van der Waals surface area contributed by atoms with Crippen LogP contribution in [-0.4, -0.2) is 38.9 Å². The Bertz CT molecular complexity index is 313. The predicted molar refractivity (Wildman–Crippen MR) is 71.2 cm³/mol. The summed E-state index contributed by atoms with van der Waals surface area (Å²) in [6.45, 7) is 4.68. The van der Waals surface area contributed by atoms with Gasteiger partial charge in [0.1, 0.15) is 0 Å². The van der Waals surface area contributed by atoms with Crippen LogP contribution in [0.4, 0.5) is 0 Å². The average Bonchev–Trinajstić information content (AvgIpc) is 2.72. The van der Waals surface area contributed by atoms with E-state index in [9.17, 15) is 0 Å². The van der Waals surface area contributed by atoms with E-state index in [1.54, 1.807) is 0 Å². The molecule has 1 aromatic heterocycles. The number of morpholine rings is 1. The molecule has 2 N–H and O–H groups in total. The molecule has 2 heterocycles. The minimum Gasteiger partial charge on any atom is -0.378 e. The van der Waals surface area contributed by atoms with Gasteiger partial charge >= 0.3 is 0 Å². The van der Waals surface area contributed by atoms with Crippen LogP contribution >= 0.6 is 27.3 Å². The molecule has 0 amide bonds. The molecule has 0 radical (unpaired) electrons. The molecule has 0 aliphatic carbocycles. The van der Waals surface area contributed by atoms with Crippen LogP contribution in [0.15, 0.2) is 15.9 Å². The summed E-state index contributed by atoms with van der Waals surface area (Å²) in [7, 11) is 0. The molecule has 2 rings (SSSR count). The van der Waals surface area contributed by atoms with Gasteiger partial charge in [-0.2, -0.15) is 0 Å². The van der Waals surface area contributed by atoms with E-state index in [-0.39, 0.29) is 0 Å². The van der Waals surface area contributed by atoms with Gasteiger partial charge in [-0.15, -0.1) is 11.3 Å². The van der Waals surface area contributed by atoms with Crippen molar-refractivity contribution in [2.75, 3.05) is 32.8 Å². The number of rotatable bonds is 5. The van der Waals surface area contributed by atoms with Crippen LogP contribution in [0, 0.1) is 0 Å². The molecule has 1 aliphatic heterocycles. The number of halogens is 1. The molecule has 0 aromatic carbocycles. The van der Waals surface area contributed by atoms with Gasteiger partial charge in [0.25, 0.3) is 0 Å². The van der Waals surface area contributed by atoms with Gasteiger partial charge in [0.05, 0.1) is 13.2 Å². The third-order valence-electron chi connectivity index (χ3n) is 2.56. The first kappa shape index (κ1) is 12.5. The van der Waals surface area contributed by atoms with E-state index in [4.69, 9.17) is 4.74 Å². The molecule has 0 saturated carbocycles. The van der Waals surface area contributed by atoms with Crippen LogP contribution in [0.1, 0.15) is 4.88 Å². The maximum absolute atomic E-state index is 5.39. The molecular weight excluding hydrogens is 288 g/mol. The molecule has 0 bridgehead atoms. The fourth-order valence-electron chi connectivity index (χ4n) is 1.72. The van der Waals surface area contributed by atoms with Crippen molar-refractivity contribution in [2.24, 2.45) is 0 Å². The van der Waals surface area contributed by atoms with E-state index in [1.807, 2.05) is 11.3 Å². The zero-order valence-corrected chi connectivity index (χ0v) is 11.6. The Labute approximate surface area is 109 Å². The highest BCUT2D eigenvalue weighted by atomic mass is 79.9. The SMILES string of the molecule is Brc1csc(CCNCC2COCCN2)c1. The Hall–Kier alpha value is 0.0600. The first-order valence-electron chi connectivity index (χ1n) is 5.59. The molecule has 1 fully saturated rings. The van der Waals surface area contributed by atoms with E-state index in [0.29, 0.717) is 6.04 Å². The summed E-state index contributed by atoms with van der Waals surface area (Å²) < 4.78 is 6.58. The van der Waals surface area contributed by atoms with E-state index in [1.165, 1.54) is 9.35 Å². The molecule has 3 nitrogen and oxygen atoms in total. The smallest absolute Gasteiger partial charge is 0.0632 e. The predicted octanol–water partition coefficient (Wildman–Crippen LogP) is 1.63. The molecule has 1 saturated heterocycles. The van der Waals surface area contributed by atoms with Gasteiger partial charge in [0.2, 0.25) is 0 Å². The molecule has 90 valence electrons. The highest BCUT2D eigenvalue weighted by molar-refractivity contribution is 9.10. The quantitative estimate of drug-likeness (QED) is 0.811. The van der Waals surface area contributed by atoms with Crippen molar-refractivity contribution in [1.29, 1.82) is 0 Å². The van der Waals surface area contributed by atoms with Crippen molar-refractivity contribution < 1.29 is 4.74 Å². The lowest BCUT2D eigenvalue weighted by molar-refractivity contribution is 0.0768. The second kappa shape index (κ2) is 6.71. The average molecular weight is 305 g/mol. The van der Waals surface area contributed by atoms with Gasteiger partial charge in [0.15, 0.2) is 0 Å². The summed E-state index contributed by atoms with van der Waals surface area (Å²) >= 11 is 5.28. The first-order valence-corrected chi connectivity index (χ1v) is 7.26. The normalized spacial score (nSPS) is 21.2. The lowest BCUT2D eigenvalue weighted by atomic mass is 10.2. The second-order valence-electron chi connectivity index (χ2n) is 3.91. The van der Waals surface area contributed by atoms with Crippen LogP contribution in [0.5, 0.6) is 0 Å². The van der Waals surface area contributed by atoms with E-state index >= 15 is 0 Å². The molecule has 1 unspecified atom stereocenters. The molecule has 0 spiro atoms. The zero-order valence-electron chi connectivity index (χ0n) is 9.17. The summed E-state index contributed by atoms with van der Waals surface area (Å²) in [5.74, 6) is 0. The summed E-state index contributed by atoms with van der Waals surface area (Å²) in [5, 5.41) is 9.02. The van der Waals surface area contributed by atoms with Crippen LogP contribution < -0.4 is 10.6 Å². The van der Waals surface area contributed by atoms with Gasteiger partial charge in [-0.3, -0.25) is 0 Å². The Morgan fingerprint density at radius 3 is 3.25 bits per heavy atom. The second-order valence-corrected chi connectivity index (χ2v) is 5.82. The summed E-state index contributed by atoms with van der Waals surface area (Å²) in [6, 6.07) is 2.66. The fraction of sp³-hybridized carbons (Fsp3) is 0.636. The third kappa shape index (κ3) is 4.14. The molecule has 16 heavy (non-hydrogen) atoms. The van der Waals surface area contributed by atoms with Gasteiger partial charge in [-0.1, -0.05) is 0 Å². The Kier molecular flexibility index (Phi) is 5.25. The van der Waals surface area contributed by atoms with Gasteiger partial charge < -0.3 is 15.4 Å². The van der Waals surface area contributed by atoms with Gasteiger partial charge in [-0.05, 0) is 28.4 Å². The highest BCUT2D eigenvalue weighted by Crippen LogP contribution is 2.19. The highest BCUT2D eigenvalue weighted by Gasteiger charge is 2.11. The molecule has 1 aliphatic rings. The Balaban J connectivity index is 1.57. The van der Waals surface area contributed by atoms with Crippen molar-refractivity contribution >= 4 is 27.3 Å². The van der Waals surface area contributed by atoms with E-state index in [2.05, 4.69) is 38.0 Å². The zero-order chi connectivity index (χ0) is 11.2. The standard InChI is InChI=1S/C11H17BrN2OS/c12-9-5-11(16-8-9)1-2-13-6-10-7-15-4-3-14-10/h5,8,10,13-14H,1-4,6-7H2. The number of ether oxygens (including phenoxy) is 1. The van der Waals surface area contributed by atoms with Gasteiger partial charge in [-0.25, -0.2) is 0 Å². The number of thiophene rings is 1. The van der Waals surface area contributed by atoms with Crippen LogP contribution in [0.25, 0.3) is 0 Å². The van der Waals surface area contributed by atoms with Crippen molar-refractivity contribution in [3.63, 3.8) is 0 Å². The minimum absolute atomic E-state index is 0.476. The molecule has 1 atom stereocenters. The Morgan fingerprint density at radius 1 is 1.62 bits per heavy atom. The first-order chi connectivity index (χ1) is 7.84. The largest absolute Gasteiger partial charge is 0.378 e. The van der Waals surface area contributed by atoms with Crippen molar-refractivity contribution in [3.05, 3.63) is 20.8 Å².